The number of allylic oxidation sites excluding steroid dienone is 6. The fourth-order valence-electron chi connectivity index (χ4n) is 6.60. The van der Waals surface area contributed by atoms with Gasteiger partial charge < -0.3 is 4.90 Å². The van der Waals surface area contributed by atoms with Crippen LogP contribution in [0.3, 0.4) is 0 Å². The van der Waals surface area contributed by atoms with Gasteiger partial charge in [-0.3, -0.25) is 0 Å². The molecule has 6 nitrogen and oxygen atoms in total. The molecular formula is C37H45BClFN2O4S2. The van der Waals surface area contributed by atoms with E-state index >= 15 is 0 Å². The zero-order valence-corrected chi connectivity index (χ0v) is 32.0. The van der Waals surface area contributed by atoms with Crippen molar-refractivity contribution in [3.63, 3.8) is 0 Å². The summed E-state index contributed by atoms with van der Waals surface area (Å²) in [6.45, 7) is 12.8. The van der Waals surface area contributed by atoms with E-state index in [1.165, 1.54) is 48.1 Å². The minimum Gasteiger partial charge on any atom is -0.347 e. The van der Waals surface area contributed by atoms with E-state index in [-0.39, 0.29) is 23.9 Å². The maximum atomic E-state index is 12.6. The van der Waals surface area contributed by atoms with Gasteiger partial charge in [0.25, 0.3) is 0 Å². The van der Waals surface area contributed by atoms with E-state index in [2.05, 4.69) is 69.2 Å². The number of halogens is 2. The Morgan fingerprint density at radius 3 is 2.38 bits per heavy atom. The number of likely N-dealkylation sites (N-methyl/N-ethyl adjacent to an activating group) is 1. The number of aryl methyl sites for hydroxylation is 1. The third kappa shape index (κ3) is 7.84. The standard InChI is InChI=1S/C29H34ClN2O4S2.C8H11BF/c1-28(2)22-17-20(37-36-35-7)11-13-24(22)31(5)26(28)15-9-19(30)10-16-27-29(3,4)23-18-21(38(8,33)34)12-14-25(23)32(27)6;1-6-3-4-7(10)5-8(6)9-2/h9-18H,1-8H3;3-5H,9H2,1-2H3/q+1;-1. The molecule has 5 rings (SSSR count). The first-order valence-corrected chi connectivity index (χ1v) is 19.1. The summed E-state index contributed by atoms with van der Waals surface area (Å²) in [4.78, 5) is 8.11. The van der Waals surface area contributed by atoms with Crippen LogP contribution in [0.15, 0.2) is 99.4 Å². The van der Waals surface area contributed by atoms with Crippen LogP contribution in [-0.4, -0.2) is 53.4 Å². The number of nitrogens with zero attached hydrogens (tertiary/aromatic N) is 2. The van der Waals surface area contributed by atoms with Crippen LogP contribution in [0.1, 0.15) is 44.4 Å². The van der Waals surface area contributed by atoms with Gasteiger partial charge in [-0.15, -0.1) is 0 Å². The van der Waals surface area contributed by atoms with Crippen LogP contribution in [0, 0.1) is 12.7 Å². The smallest absolute Gasteiger partial charge is 0.209 e. The summed E-state index contributed by atoms with van der Waals surface area (Å²) in [5.74, 6) is -0.105. The van der Waals surface area contributed by atoms with E-state index < -0.39 is 9.84 Å². The number of hydrogen-bond acceptors (Lipinski definition) is 6. The van der Waals surface area contributed by atoms with Crippen LogP contribution in [-0.2, 0) is 29.9 Å². The molecule has 0 aromatic heterocycles. The van der Waals surface area contributed by atoms with Crippen LogP contribution >= 0.6 is 23.6 Å². The molecule has 256 valence electrons. The third-order valence-corrected chi connectivity index (χ3v) is 11.5. The molecule has 3 aromatic carbocycles. The van der Waals surface area contributed by atoms with E-state index in [0.717, 1.165) is 33.2 Å². The van der Waals surface area contributed by atoms with E-state index in [0.29, 0.717) is 9.93 Å². The molecule has 0 radical (unpaired) electrons. The number of rotatable bonds is 8. The average molecular weight is 711 g/mol. The van der Waals surface area contributed by atoms with Gasteiger partial charge in [0.1, 0.15) is 12.9 Å². The zero-order valence-electron chi connectivity index (χ0n) is 29.6. The molecule has 0 spiro atoms. The molecular weight excluding hydrogens is 666 g/mol. The number of anilines is 1. The summed E-state index contributed by atoms with van der Waals surface area (Å²) in [6.07, 6.45) is 9.11. The normalized spacial score (nSPS) is 17.5. The van der Waals surface area contributed by atoms with Crippen LogP contribution in [0.2, 0.25) is 6.82 Å². The van der Waals surface area contributed by atoms with Crippen molar-refractivity contribution in [1.29, 1.82) is 0 Å². The van der Waals surface area contributed by atoms with E-state index in [1.807, 2.05) is 50.4 Å². The average Bonchev–Trinajstić information content (AvgIpc) is 3.34. The van der Waals surface area contributed by atoms with Crippen molar-refractivity contribution in [3.05, 3.63) is 112 Å². The first-order chi connectivity index (χ1) is 22.4. The predicted octanol–water partition coefficient (Wildman–Crippen LogP) is 7.65. The molecule has 48 heavy (non-hydrogen) atoms. The molecule has 2 heterocycles. The second-order valence-corrected chi connectivity index (χ2v) is 16.6. The molecule has 0 unspecified atom stereocenters. The molecule has 0 saturated heterocycles. The van der Waals surface area contributed by atoms with Crippen molar-refractivity contribution >= 4 is 63.3 Å². The molecule has 0 bridgehead atoms. The molecule has 0 aliphatic carbocycles. The summed E-state index contributed by atoms with van der Waals surface area (Å²) in [5, 5.41) is 0.590. The number of hydrogen-bond donors (Lipinski definition) is 0. The first-order valence-electron chi connectivity index (χ1n) is 16.1. The van der Waals surface area contributed by atoms with Crippen molar-refractivity contribution in [2.24, 2.45) is 0 Å². The highest BCUT2D eigenvalue weighted by Crippen LogP contribution is 2.47. The first kappa shape index (κ1) is 37.7. The highest BCUT2D eigenvalue weighted by molar-refractivity contribution is 7.94. The van der Waals surface area contributed by atoms with Crippen molar-refractivity contribution in [2.45, 2.75) is 62.1 Å². The number of sulfone groups is 1. The molecule has 2 aliphatic rings. The van der Waals surface area contributed by atoms with E-state index in [4.69, 9.17) is 20.8 Å². The minimum absolute atomic E-state index is 0.0885. The molecule has 0 fully saturated rings. The summed E-state index contributed by atoms with van der Waals surface area (Å²) in [7, 11) is 2.16. The van der Waals surface area contributed by atoms with E-state index in [9.17, 15) is 12.8 Å². The second kappa shape index (κ2) is 14.8. The fourth-order valence-corrected chi connectivity index (χ4v) is 7.81. The largest absolute Gasteiger partial charge is 0.347 e. The Hall–Kier alpha value is -3.15. The van der Waals surface area contributed by atoms with E-state index in [1.54, 1.807) is 18.2 Å². The molecule has 0 N–H and O–H groups in total. The van der Waals surface area contributed by atoms with Crippen LogP contribution in [0.5, 0.6) is 0 Å². The predicted molar refractivity (Wildman–Crippen MR) is 202 cm³/mol. The summed E-state index contributed by atoms with van der Waals surface area (Å²) < 4.78 is 44.0. The second-order valence-electron chi connectivity index (χ2n) is 13.4. The van der Waals surface area contributed by atoms with Crippen LogP contribution in [0.25, 0.3) is 0 Å². The number of benzene rings is 3. The van der Waals surface area contributed by atoms with Gasteiger partial charge in [0.15, 0.2) is 15.5 Å². The highest BCUT2D eigenvalue weighted by atomic mass is 35.5. The molecule has 0 amide bonds. The Balaban J connectivity index is 0.000000445. The van der Waals surface area contributed by atoms with Gasteiger partial charge in [0.2, 0.25) is 5.69 Å². The van der Waals surface area contributed by atoms with Gasteiger partial charge in [-0.25, -0.2) is 23.2 Å². The third-order valence-electron chi connectivity index (χ3n) is 9.44. The lowest BCUT2D eigenvalue weighted by atomic mass is 9.71. The molecule has 2 aliphatic heterocycles. The molecule has 0 saturated carbocycles. The lowest BCUT2D eigenvalue weighted by Gasteiger charge is -2.23. The minimum atomic E-state index is -3.29. The van der Waals surface area contributed by atoms with Gasteiger partial charge in [0.05, 0.1) is 29.5 Å². The summed E-state index contributed by atoms with van der Waals surface area (Å²) >= 11 is 7.86. The SMILES string of the molecule is COOSc1ccc2c(c1)C(C)(C)C(/C=C/C(Cl)=C/C=C1\N(C)c3ccc(S(C)(=O)=O)cc3C1(C)C)=[N+]2C.C[BH2-]c1cc(F)ccc1C. The number of fused-ring (bicyclic) bond motifs is 2. The molecule has 3 aromatic rings. The summed E-state index contributed by atoms with van der Waals surface area (Å²) in [5.41, 5.74) is 8.30. The Morgan fingerprint density at radius 1 is 1.04 bits per heavy atom. The van der Waals surface area contributed by atoms with Gasteiger partial charge in [-0.1, -0.05) is 43.1 Å². The van der Waals surface area contributed by atoms with Crippen molar-refractivity contribution in [2.75, 3.05) is 32.4 Å². The van der Waals surface area contributed by atoms with Crippen molar-refractivity contribution in [3.8, 4) is 0 Å². The Labute approximate surface area is 295 Å². The Bertz CT molecular complexity index is 1950. The topological polar surface area (TPSA) is 58.9 Å². The van der Waals surface area contributed by atoms with Crippen LogP contribution in [0.4, 0.5) is 15.8 Å². The Kier molecular flexibility index (Phi) is 11.6. The fraction of sp³-hybridized carbons (Fsp3) is 0.324. The lowest BCUT2D eigenvalue weighted by Crippen LogP contribution is -2.26. The van der Waals surface area contributed by atoms with Gasteiger partial charge in [-0.05, 0) is 88.2 Å². The maximum absolute atomic E-state index is 12.6. The van der Waals surface area contributed by atoms with Gasteiger partial charge in [-0.2, -0.15) is 15.7 Å². The lowest BCUT2D eigenvalue weighted by molar-refractivity contribution is -0.401. The van der Waals surface area contributed by atoms with Crippen LogP contribution < -0.4 is 10.4 Å². The van der Waals surface area contributed by atoms with Gasteiger partial charge >= 0.3 is 0 Å². The van der Waals surface area contributed by atoms with Gasteiger partial charge in [0, 0.05) is 57.7 Å². The Morgan fingerprint density at radius 2 is 1.75 bits per heavy atom. The maximum Gasteiger partial charge on any atom is 0.209 e. The molecule has 0 atom stereocenters. The quantitative estimate of drug-likeness (QED) is 0.0598. The monoisotopic (exact) mass is 710 g/mol. The van der Waals surface area contributed by atoms with Crippen molar-refractivity contribution < 1.29 is 26.6 Å². The molecule has 11 heteroatoms. The van der Waals surface area contributed by atoms with Crippen molar-refractivity contribution in [1.82, 2.24) is 0 Å². The highest BCUT2D eigenvalue weighted by Gasteiger charge is 2.43. The zero-order chi connectivity index (χ0) is 35.6. The summed E-state index contributed by atoms with van der Waals surface area (Å²) in [6, 6.07) is 16.6.